The number of aliphatic hydroxyl groups is 1. The van der Waals surface area contributed by atoms with Gasteiger partial charge in [0.1, 0.15) is 0 Å². The van der Waals surface area contributed by atoms with E-state index >= 15 is 0 Å². The minimum atomic E-state index is -1.18. The van der Waals surface area contributed by atoms with Crippen LogP contribution in [0.2, 0.25) is 6.32 Å². The Balaban J connectivity index is 4.16. The van der Waals surface area contributed by atoms with Crippen LogP contribution in [-0.2, 0) is 9.45 Å². The molecular weight excluding hydrogens is 199 g/mol. The molecule has 0 heterocycles. The largest absolute Gasteiger partial charge is 0.481 e. The quantitative estimate of drug-likeness (QED) is 0.565. The maximum atomic E-state index is 10.3. The minimum Gasteiger partial charge on any atom is -0.481 e. The zero-order chi connectivity index (χ0) is 12.3. The molecule has 3 N–H and O–H groups in total. The van der Waals surface area contributed by atoms with Gasteiger partial charge >= 0.3 is 13.1 Å². The second-order valence-electron chi connectivity index (χ2n) is 4.57. The first-order valence-corrected chi connectivity index (χ1v) is 4.86. The molecule has 0 spiro atoms. The van der Waals surface area contributed by atoms with Crippen LogP contribution in [0.5, 0.6) is 0 Å². The Hall–Kier alpha value is -0.585. The van der Waals surface area contributed by atoms with Gasteiger partial charge in [0.2, 0.25) is 0 Å². The summed E-state index contributed by atoms with van der Waals surface area (Å²) in [5.41, 5.74) is -2.05. The summed E-state index contributed by atoms with van der Waals surface area (Å²) in [5.74, 6) is -0.987. The standard InChI is InChI=1S/C9H19BO5/c1-8(2,13)9(3,4)15-10(14)6-5-7(11)12/h13-14H,5-6H2,1-4H3,(H,11,12). The smallest absolute Gasteiger partial charge is 0.455 e. The van der Waals surface area contributed by atoms with Gasteiger partial charge in [0.15, 0.2) is 0 Å². The third kappa shape index (κ3) is 5.15. The van der Waals surface area contributed by atoms with E-state index in [1.807, 2.05) is 0 Å². The Morgan fingerprint density at radius 3 is 2.13 bits per heavy atom. The van der Waals surface area contributed by atoms with Crippen molar-refractivity contribution in [2.24, 2.45) is 0 Å². The second kappa shape index (κ2) is 4.96. The van der Waals surface area contributed by atoms with E-state index in [1.165, 1.54) is 0 Å². The van der Waals surface area contributed by atoms with E-state index in [0.717, 1.165) is 0 Å². The fourth-order valence-corrected chi connectivity index (χ4v) is 0.790. The molecule has 0 aliphatic rings. The van der Waals surface area contributed by atoms with Crippen LogP contribution in [0.25, 0.3) is 0 Å². The maximum Gasteiger partial charge on any atom is 0.455 e. The fraction of sp³-hybridized carbons (Fsp3) is 0.889. The summed E-state index contributed by atoms with van der Waals surface area (Å²) in [7, 11) is -1.18. The zero-order valence-electron chi connectivity index (χ0n) is 9.65. The number of hydrogen-bond acceptors (Lipinski definition) is 4. The Morgan fingerprint density at radius 2 is 1.80 bits per heavy atom. The molecule has 0 aromatic carbocycles. The topological polar surface area (TPSA) is 87.0 Å². The van der Waals surface area contributed by atoms with Crippen LogP contribution >= 0.6 is 0 Å². The molecule has 0 rings (SSSR count). The highest BCUT2D eigenvalue weighted by Crippen LogP contribution is 2.26. The second-order valence-corrected chi connectivity index (χ2v) is 4.57. The first-order chi connectivity index (χ1) is 6.56. The van der Waals surface area contributed by atoms with Gasteiger partial charge in [0.05, 0.1) is 11.2 Å². The molecular formula is C9H19BO5. The molecule has 0 aromatic rings. The van der Waals surface area contributed by atoms with Gasteiger partial charge in [0, 0.05) is 6.42 Å². The van der Waals surface area contributed by atoms with E-state index < -0.39 is 24.3 Å². The van der Waals surface area contributed by atoms with Crippen LogP contribution in [0.1, 0.15) is 34.1 Å². The number of carboxylic acids is 1. The number of carbonyl (C=O) groups is 1. The molecule has 0 saturated heterocycles. The average Bonchev–Trinajstić information content (AvgIpc) is 1.97. The summed E-state index contributed by atoms with van der Waals surface area (Å²) in [6, 6.07) is 0. The van der Waals surface area contributed by atoms with Crippen LogP contribution in [0, 0.1) is 0 Å². The van der Waals surface area contributed by atoms with E-state index in [1.54, 1.807) is 27.7 Å². The van der Waals surface area contributed by atoms with Gasteiger partial charge in [-0.25, -0.2) is 0 Å². The molecule has 0 atom stereocenters. The van der Waals surface area contributed by atoms with Gasteiger partial charge in [-0.1, -0.05) is 0 Å². The monoisotopic (exact) mass is 218 g/mol. The molecule has 0 unspecified atom stereocenters. The molecule has 0 saturated carbocycles. The summed E-state index contributed by atoms with van der Waals surface area (Å²) < 4.78 is 5.19. The fourth-order valence-electron chi connectivity index (χ4n) is 0.790. The van der Waals surface area contributed by atoms with Crippen molar-refractivity contribution in [3.8, 4) is 0 Å². The molecule has 6 heteroatoms. The van der Waals surface area contributed by atoms with Crippen molar-refractivity contribution in [3.63, 3.8) is 0 Å². The van der Waals surface area contributed by atoms with Crippen LogP contribution in [0.3, 0.4) is 0 Å². The lowest BCUT2D eigenvalue weighted by atomic mass is 9.79. The summed E-state index contributed by atoms with van der Waals surface area (Å²) in [5, 5.41) is 27.5. The molecule has 15 heavy (non-hydrogen) atoms. The van der Waals surface area contributed by atoms with Crippen molar-refractivity contribution in [3.05, 3.63) is 0 Å². The van der Waals surface area contributed by atoms with Crippen molar-refractivity contribution >= 4 is 13.1 Å². The highest BCUT2D eigenvalue weighted by atomic mass is 16.5. The van der Waals surface area contributed by atoms with E-state index in [2.05, 4.69) is 0 Å². The number of hydrogen-bond donors (Lipinski definition) is 3. The number of aliphatic carboxylic acids is 1. The van der Waals surface area contributed by atoms with Gasteiger partial charge in [-0.05, 0) is 34.0 Å². The summed E-state index contributed by atoms with van der Waals surface area (Å²) >= 11 is 0. The summed E-state index contributed by atoms with van der Waals surface area (Å²) in [6.07, 6.45) is -0.155. The van der Waals surface area contributed by atoms with Crippen molar-refractivity contribution in [1.82, 2.24) is 0 Å². The Kier molecular flexibility index (Phi) is 4.77. The first-order valence-electron chi connectivity index (χ1n) is 4.86. The van der Waals surface area contributed by atoms with E-state index in [9.17, 15) is 14.9 Å². The SMILES string of the molecule is CC(C)(O)C(C)(C)OB(O)CCC(=O)O. The molecule has 5 nitrogen and oxygen atoms in total. The van der Waals surface area contributed by atoms with Crippen molar-refractivity contribution in [2.45, 2.75) is 51.6 Å². The summed E-state index contributed by atoms with van der Waals surface area (Å²) in [6.45, 7) is 6.40. The molecule has 0 amide bonds. The number of rotatable bonds is 6. The lowest BCUT2D eigenvalue weighted by Crippen LogP contribution is -2.50. The molecule has 0 aliphatic carbocycles. The predicted octanol–water partition coefficient (Wildman–Crippen LogP) is 0.508. The van der Waals surface area contributed by atoms with Crippen LogP contribution in [0.15, 0.2) is 0 Å². The van der Waals surface area contributed by atoms with Gasteiger partial charge < -0.3 is 19.9 Å². The van der Waals surface area contributed by atoms with Gasteiger partial charge in [0.25, 0.3) is 0 Å². The van der Waals surface area contributed by atoms with E-state index in [0.29, 0.717) is 0 Å². The third-order valence-corrected chi connectivity index (χ3v) is 2.51. The lowest BCUT2D eigenvalue weighted by molar-refractivity contribution is -0.136. The molecule has 0 radical (unpaired) electrons. The Bertz CT molecular complexity index is 221. The predicted molar refractivity (Wildman–Crippen MR) is 56.5 cm³/mol. The van der Waals surface area contributed by atoms with Gasteiger partial charge in [-0.15, -0.1) is 0 Å². The van der Waals surface area contributed by atoms with Gasteiger partial charge in [-0.3, -0.25) is 4.79 Å². The lowest BCUT2D eigenvalue weighted by Gasteiger charge is -2.38. The molecule has 88 valence electrons. The maximum absolute atomic E-state index is 10.3. The van der Waals surface area contributed by atoms with Crippen molar-refractivity contribution < 1.29 is 24.7 Å². The van der Waals surface area contributed by atoms with E-state index in [-0.39, 0.29) is 12.7 Å². The highest BCUT2D eigenvalue weighted by molar-refractivity contribution is 6.43. The molecule has 0 bridgehead atoms. The minimum absolute atomic E-state index is 0.00877. The molecule has 0 aromatic heterocycles. The third-order valence-electron chi connectivity index (χ3n) is 2.51. The van der Waals surface area contributed by atoms with Crippen LogP contribution < -0.4 is 0 Å². The van der Waals surface area contributed by atoms with Crippen LogP contribution in [-0.4, -0.2) is 39.5 Å². The van der Waals surface area contributed by atoms with Gasteiger partial charge in [-0.2, -0.15) is 0 Å². The Morgan fingerprint density at radius 1 is 1.33 bits per heavy atom. The van der Waals surface area contributed by atoms with Crippen molar-refractivity contribution in [2.75, 3.05) is 0 Å². The first kappa shape index (κ1) is 14.4. The Labute approximate surface area is 90.2 Å². The zero-order valence-corrected chi connectivity index (χ0v) is 9.65. The molecule has 0 fully saturated rings. The highest BCUT2D eigenvalue weighted by Gasteiger charge is 2.38. The number of carboxylic acid groups (broad SMARTS) is 1. The van der Waals surface area contributed by atoms with Crippen LogP contribution in [0.4, 0.5) is 0 Å². The molecule has 0 aliphatic heterocycles. The normalized spacial score (nSPS) is 12.7. The average molecular weight is 218 g/mol. The summed E-state index contributed by atoms with van der Waals surface area (Å²) in [4.78, 5) is 10.3. The van der Waals surface area contributed by atoms with Crippen molar-refractivity contribution in [1.29, 1.82) is 0 Å². The van der Waals surface area contributed by atoms with E-state index in [4.69, 9.17) is 9.76 Å².